The lowest BCUT2D eigenvalue weighted by Crippen LogP contribution is -2.19. The second-order valence-electron chi connectivity index (χ2n) is 20.8. The fourth-order valence-corrected chi connectivity index (χ4v) is 11.5. The van der Waals surface area contributed by atoms with Crippen LogP contribution in [0, 0.1) is 11.8 Å². The van der Waals surface area contributed by atoms with Crippen molar-refractivity contribution in [2.75, 3.05) is 11.5 Å². The largest absolute Gasteiger partial charge is 0.399 e. The Kier molecular flexibility index (Phi) is 25.4. The van der Waals surface area contributed by atoms with Gasteiger partial charge in [-0.15, -0.1) is 0 Å². The number of hydrogen-bond donors (Lipinski definition) is 2. The van der Waals surface area contributed by atoms with E-state index in [0.29, 0.717) is 17.8 Å². The summed E-state index contributed by atoms with van der Waals surface area (Å²) >= 11 is 0. The summed E-state index contributed by atoms with van der Waals surface area (Å²) < 4.78 is 0. The molecule has 0 radical (unpaired) electrons. The Bertz CT molecular complexity index is 1640. The molecular weight excluding hydrogens is 785 g/mol. The summed E-state index contributed by atoms with van der Waals surface area (Å²) in [5, 5.41) is 0. The molecule has 1 fully saturated rings. The van der Waals surface area contributed by atoms with Gasteiger partial charge in [0.1, 0.15) is 0 Å². The molecule has 0 saturated heterocycles. The molecule has 4 aromatic rings. The highest BCUT2D eigenvalue weighted by atomic mass is 14.5. The third-order valence-electron chi connectivity index (χ3n) is 15.7. The molecule has 358 valence electrons. The van der Waals surface area contributed by atoms with Crippen molar-refractivity contribution in [3.63, 3.8) is 0 Å². The second-order valence-corrected chi connectivity index (χ2v) is 20.8. The Morgan fingerprint density at radius 1 is 0.323 bits per heavy atom. The number of hydrogen-bond acceptors (Lipinski definition) is 2. The summed E-state index contributed by atoms with van der Waals surface area (Å²) in [5.74, 6) is 2.96. The lowest BCUT2D eigenvalue weighted by Gasteiger charge is -2.32. The summed E-state index contributed by atoms with van der Waals surface area (Å²) in [6.07, 6.45) is 42.2. The Morgan fingerprint density at radius 2 is 0.600 bits per heavy atom. The number of nitrogens with two attached hydrogens (primary N) is 2. The minimum absolute atomic E-state index is 0.398. The molecule has 1 saturated carbocycles. The minimum atomic E-state index is 0.398. The number of nitrogen functional groups attached to an aromatic ring is 2. The predicted octanol–water partition coefficient (Wildman–Crippen LogP) is 19.6. The van der Waals surface area contributed by atoms with E-state index in [1.807, 2.05) is 0 Å². The van der Waals surface area contributed by atoms with E-state index in [1.54, 1.807) is 0 Å². The summed E-state index contributed by atoms with van der Waals surface area (Å²) in [7, 11) is 0. The molecule has 1 aliphatic carbocycles. The fraction of sp³-hybridized carbons (Fsp3) is 0.619. The van der Waals surface area contributed by atoms with Gasteiger partial charge < -0.3 is 11.5 Å². The van der Waals surface area contributed by atoms with Crippen molar-refractivity contribution in [1.29, 1.82) is 0 Å². The zero-order valence-corrected chi connectivity index (χ0v) is 42.2. The van der Waals surface area contributed by atoms with Gasteiger partial charge >= 0.3 is 0 Å². The van der Waals surface area contributed by atoms with Crippen LogP contribution in [0.2, 0.25) is 0 Å². The minimum Gasteiger partial charge on any atom is -0.399 e. The van der Waals surface area contributed by atoms with Crippen molar-refractivity contribution in [1.82, 2.24) is 0 Å². The van der Waals surface area contributed by atoms with Crippen LogP contribution in [-0.2, 0) is 0 Å². The molecule has 65 heavy (non-hydrogen) atoms. The van der Waals surface area contributed by atoms with Crippen LogP contribution in [0.5, 0.6) is 0 Å². The molecule has 5 rings (SSSR count). The maximum Gasteiger partial charge on any atom is 0.0314 e. The van der Waals surface area contributed by atoms with Crippen molar-refractivity contribution in [3.05, 3.63) is 130 Å². The number of benzene rings is 4. The SMILES string of the molecule is CCCCCCCCCCCC(c1ccc(N)cc1)c1ccc(C(CCC(CCCCC)C2CCCCC2)c2ccc(C(CCCCCCCCCCC)c3ccc(N)cc3)cc2)cc1. The lowest BCUT2D eigenvalue weighted by molar-refractivity contribution is 0.215. The molecule has 4 N–H and O–H groups in total. The van der Waals surface area contributed by atoms with Crippen LogP contribution in [0.15, 0.2) is 97.1 Å². The van der Waals surface area contributed by atoms with E-state index in [1.165, 1.54) is 232 Å². The van der Waals surface area contributed by atoms with E-state index in [2.05, 4.69) is 118 Å². The third kappa shape index (κ3) is 18.9. The van der Waals surface area contributed by atoms with Gasteiger partial charge in [0.05, 0.1) is 0 Å². The third-order valence-corrected chi connectivity index (χ3v) is 15.7. The summed E-state index contributed by atoms with van der Waals surface area (Å²) in [6.45, 7) is 6.98. The van der Waals surface area contributed by atoms with E-state index in [4.69, 9.17) is 11.5 Å². The van der Waals surface area contributed by atoms with E-state index in [9.17, 15) is 0 Å². The van der Waals surface area contributed by atoms with Gasteiger partial charge in [0.2, 0.25) is 0 Å². The molecular formula is C63H96N2. The Hall–Kier alpha value is -3.52. The Balaban J connectivity index is 1.36. The van der Waals surface area contributed by atoms with E-state index in [-0.39, 0.29) is 0 Å². The van der Waals surface area contributed by atoms with Gasteiger partial charge in [0.25, 0.3) is 0 Å². The molecule has 1 aliphatic rings. The van der Waals surface area contributed by atoms with Gasteiger partial charge in [-0.2, -0.15) is 0 Å². The standard InChI is InChI=1S/C63H96N2/c1-4-7-10-12-14-16-18-20-26-31-61(57-41-46-59(64)47-42-57)53-33-37-55(38-34-53)63(50-45-52(28-23-9-6-3)51-29-24-22-25-30-51)56-39-35-54(36-40-56)62(58-43-48-60(65)49-44-58)32-27-21-19-17-15-13-11-8-5-2/h33-44,46-49,51-52,61-63H,4-32,45,50,64-65H2,1-3H3. The van der Waals surface area contributed by atoms with Gasteiger partial charge in [-0.05, 0) is 95.2 Å². The number of rotatable bonds is 34. The van der Waals surface area contributed by atoms with E-state index in [0.717, 1.165) is 23.2 Å². The first kappa shape index (κ1) is 52.4. The molecule has 3 atom stereocenters. The molecule has 0 heterocycles. The van der Waals surface area contributed by atoms with Crippen LogP contribution in [0.4, 0.5) is 11.4 Å². The lowest BCUT2D eigenvalue weighted by atomic mass is 9.74. The molecule has 0 spiro atoms. The van der Waals surface area contributed by atoms with Crippen LogP contribution in [0.3, 0.4) is 0 Å². The molecule has 0 bridgehead atoms. The van der Waals surface area contributed by atoms with Crippen LogP contribution < -0.4 is 11.5 Å². The second kappa shape index (κ2) is 31.5. The predicted molar refractivity (Wildman–Crippen MR) is 287 cm³/mol. The number of anilines is 2. The average Bonchev–Trinajstić information content (AvgIpc) is 3.34. The molecule has 2 heteroatoms. The van der Waals surface area contributed by atoms with Crippen LogP contribution in [0.1, 0.15) is 271 Å². The van der Waals surface area contributed by atoms with Gasteiger partial charge in [0, 0.05) is 29.1 Å². The first-order valence-corrected chi connectivity index (χ1v) is 27.9. The summed E-state index contributed by atoms with van der Waals surface area (Å²) in [4.78, 5) is 0. The fourth-order valence-electron chi connectivity index (χ4n) is 11.5. The van der Waals surface area contributed by atoms with Crippen molar-refractivity contribution >= 4 is 11.4 Å². The van der Waals surface area contributed by atoms with Gasteiger partial charge in [-0.25, -0.2) is 0 Å². The molecule has 2 nitrogen and oxygen atoms in total. The molecule has 3 unspecified atom stereocenters. The topological polar surface area (TPSA) is 52.0 Å². The van der Waals surface area contributed by atoms with Crippen LogP contribution in [-0.4, -0.2) is 0 Å². The first-order valence-electron chi connectivity index (χ1n) is 27.9. The highest BCUT2D eigenvalue weighted by Crippen LogP contribution is 2.41. The van der Waals surface area contributed by atoms with E-state index < -0.39 is 0 Å². The monoisotopic (exact) mass is 881 g/mol. The van der Waals surface area contributed by atoms with Crippen molar-refractivity contribution in [2.45, 2.75) is 238 Å². The summed E-state index contributed by atoms with van der Waals surface area (Å²) in [5.41, 5.74) is 22.8. The first-order chi connectivity index (χ1) is 32.0. The quantitative estimate of drug-likeness (QED) is 0.0363. The van der Waals surface area contributed by atoms with Crippen LogP contribution >= 0.6 is 0 Å². The van der Waals surface area contributed by atoms with Crippen molar-refractivity contribution in [3.8, 4) is 0 Å². The summed E-state index contributed by atoms with van der Waals surface area (Å²) in [6, 6.07) is 37.6. The van der Waals surface area contributed by atoms with Crippen molar-refractivity contribution < 1.29 is 0 Å². The molecule has 4 aromatic carbocycles. The maximum atomic E-state index is 6.21. The smallest absolute Gasteiger partial charge is 0.0314 e. The number of unbranched alkanes of at least 4 members (excludes halogenated alkanes) is 18. The zero-order chi connectivity index (χ0) is 45.7. The molecule has 0 aliphatic heterocycles. The molecule has 0 aromatic heterocycles. The molecule has 0 amide bonds. The van der Waals surface area contributed by atoms with Gasteiger partial charge in [-0.3, -0.25) is 0 Å². The van der Waals surface area contributed by atoms with E-state index >= 15 is 0 Å². The Morgan fingerprint density at radius 3 is 0.954 bits per heavy atom. The zero-order valence-electron chi connectivity index (χ0n) is 42.2. The Labute approximate surface area is 401 Å². The van der Waals surface area contributed by atoms with Gasteiger partial charge in [-0.1, -0.05) is 267 Å². The van der Waals surface area contributed by atoms with Gasteiger partial charge in [0.15, 0.2) is 0 Å². The maximum absolute atomic E-state index is 6.21. The normalized spacial score (nSPS) is 15.2. The van der Waals surface area contributed by atoms with Crippen LogP contribution in [0.25, 0.3) is 0 Å². The average molecular weight is 881 g/mol. The highest BCUT2D eigenvalue weighted by Gasteiger charge is 2.26. The highest BCUT2D eigenvalue weighted by molar-refractivity contribution is 5.45. The van der Waals surface area contributed by atoms with Crippen molar-refractivity contribution in [2.24, 2.45) is 11.8 Å².